The van der Waals surface area contributed by atoms with Crippen molar-refractivity contribution in [2.75, 3.05) is 34.1 Å². The van der Waals surface area contributed by atoms with Gasteiger partial charge >= 0.3 is 6.09 Å². The molecule has 8 nitrogen and oxygen atoms in total. The summed E-state index contributed by atoms with van der Waals surface area (Å²) in [7, 11) is 4.10. The molecular formula is C10H22N3O5PS3. The van der Waals surface area contributed by atoms with Crippen molar-refractivity contribution in [2.24, 2.45) is 5.16 Å². The third kappa shape index (κ3) is 6.23. The number of hydrogen-bond donors (Lipinski definition) is 0. The largest absolute Gasteiger partial charge is 0.448 e. The van der Waals surface area contributed by atoms with Gasteiger partial charge < -0.3 is 9.05 Å². The first-order valence-corrected chi connectivity index (χ1v) is 11.1. The Hall–Kier alpha value is -0.0300. The molecule has 0 aliphatic heterocycles. The van der Waals surface area contributed by atoms with Gasteiger partial charge in [-0.25, -0.2) is 13.3 Å². The van der Waals surface area contributed by atoms with Crippen molar-refractivity contribution in [3.8, 4) is 0 Å². The fourth-order valence-electron chi connectivity index (χ4n) is 1.14. The molecule has 0 aromatic heterocycles. The van der Waals surface area contributed by atoms with Gasteiger partial charge in [-0.05, 0) is 31.4 Å². The van der Waals surface area contributed by atoms with Crippen LogP contribution in [0.25, 0.3) is 0 Å². The van der Waals surface area contributed by atoms with Crippen LogP contribution in [0, 0.1) is 0 Å². The normalized spacial score (nSPS) is 14.0. The zero-order valence-corrected chi connectivity index (χ0v) is 16.8. The highest BCUT2D eigenvalue weighted by molar-refractivity contribution is 8.13. The van der Waals surface area contributed by atoms with E-state index in [9.17, 15) is 9.00 Å². The highest BCUT2D eigenvalue weighted by Gasteiger charge is 2.35. The molecule has 1 unspecified atom stereocenters. The van der Waals surface area contributed by atoms with Gasteiger partial charge in [0.05, 0.1) is 0 Å². The Labute approximate surface area is 143 Å². The molecule has 0 saturated heterocycles. The second kappa shape index (κ2) is 10.7. The van der Waals surface area contributed by atoms with Crippen LogP contribution in [-0.4, -0.2) is 57.8 Å². The first-order chi connectivity index (χ1) is 10.3. The molecule has 0 aliphatic carbocycles. The van der Waals surface area contributed by atoms with Crippen molar-refractivity contribution in [1.29, 1.82) is 0 Å². The van der Waals surface area contributed by atoms with Gasteiger partial charge in [0.15, 0.2) is 0 Å². The highest BCUT2D eigenvalue weighted by Crippen LogP contribution is 2.52. The van der Waals surface area contributed by atoms with E-state index >= 15 is 0 Å². The maximum atomic E-state index is 12.6. The summed E-state index contributed by atoms with van der Waals surface area (Å²) in [6, 6.07) is 0. The van der Waals surface area contributed by atoms with Crippen LogP contribution in [0.4, 0.5) is 4.79 Å². The van der Waals surface area contributed by atoms with E-state index in [4.69, 9.17) is 25.7 Å². The van der Waals surface area contributed by atoms with Gasteiger partial charge in [-0.2, -0.15) is 0 Å². The lowest BCUT2D eigenvalue weighted by molar-refractivity contribution is 0.135. The molecule has 22 heavy (non-hydrogen) atoms. The van der Waals surface area contributed by atoms with Crippen LogP contribution >= 0.6 is 18.4 Å². The smallest absolute Gasteiger partial charge is 0.321 e. The molecular weight excluding hydrogens is 369 g/mol. The summed E-state index contributed by atoms with van der Waals surface area (Å²) in [5, 5.41) is 4.18. The molecule has 0 aromatic carbocycles. The van der Waals surface area contributed by atoms with Crippen LogP contribution in [0.1, 0.15) is 20.3 Å². The number of nitrogens with zero attached hydrogens (tertiary/aromatic N) is 3. The summed E-state index contributed by atoms with van der Waals surface area (Å²) in [4.78, 5) is 16.6. The fraction of sp³-hybridized carbons (Fsp3) is 0.800. The summed E-state index contributed by atoms with van der Waals surface area (Å²) in [6.45, 7) is 0.996. The number of carbonyl (C=O) groups excluding carboxylic acids is 1. The van der Waals surface area contributed by atoms with Crippen molar-refractivity contribution in [3.63, 3.8) is 0 Å². The molecule has 0 spiro atoms. The highest BCUT2D eigenvalue weighted by atomic mass is 32.5. The number of carbonyl (C=O) groups is 1. The van der Waals surface area contributed by atoms with E-state index in [0.29, 0.717) is 18.0 Å². The van der Waals surface area contributed by atoms with Gasteiger partial charge in [-0.3, -0.25) is 4.84 Å². The number of oxime groups is 1. The minimum absolute atomic E-state index is 0.344. The Balaban J connectivity index is 5.15. The molecule has 0 rings (SSSR count). The average molecular weight is 391 g/mol. The van der Waals surface area contributed by atoms with Crippen molar-refractivity contribution in [2.45, 2.75) is 20.3 Å². The molecule has 1 atom stereocenters. The van der Waals surface area contributed by atoms with Crippen LogP contribution in [0.5, 0.6) is 0 Å². The Morgan fingerprint density at radius 2 is 1.95 bits per heavy atom. The lowest BCUT2D eigenvalue weighted by Crippen LogP contribution is -2.39. The summed E-state index contributed by atoms with van der Waals surface area (Å²) < 4.78 is 25.2. The van der Waals surface area contributed by atoms with Crippen LogP contribution in [0.2, 0.25) is 0 Å². The van der Waals surface area contributed by atoms with Crippen molar-refractivity contribution in [3.05, 3.63) is 0 Å². The number of thioether (sulfide) groups is 1. The van der Waals surface area contributed by atoms with Gasteiger partial charge in [0, 0.05) is 27.8 Å². The van der Waals surface area contributed by atoms with Crippen LogP contribution < -0.4 is 0 Å². The lowest BCUT2D eigenvalue weighted by Gasteiger charge is -2.31. The van der Waals surface area contributed by atoms with Crippen molar-refractivity contribution < 1.29 is 22.9 Å². The van der Waals surface area contributed by atoms with E-state index < -0.39 is 23.9 Å². The monoisotopic (exact) mass is 391 g/mol. The second-order valence-electron chi connectivity index (χ2n) is 3.81. The van der Waals surface area contributed by atoms with Gasteiger partial charge in [0.25, 0.3) is 6.64 Å². The average Bonchev–Trinajstić information content (AvgIpc) is 2.54. The standard InChI is InChI=1S/C10H22N3O5PS3/c1-7-8-13(19(20,16-4)17-5)22(15)12(3)10(14)18-11-9(2)21-6/h7-8H2,1-6H3. The number of rotatable bonds is 8. The minimum atomic E-state index is -2.92. The molecule has 12 heteroatoms. The quantitative estimate of drug-likeness (QED) is 0.207. The van der Waals surface area contributed by atoms with E-state index in [1.807, 2.05) is 6.92 Å². The molecule has 0 radical (unpaired) electrons. The fourth-order valence-corrected chi connectivity index (χ4v) is 5.16. The summed E-state index contributed by atoms with van der Waals surface area (Å²) >= 11 is 4.71. The predicted molar refractivity (Wildman–Crippen MR) is 94.3 cm³/mol. The Morgan fingerprint density at radius 3 is 2.36 bits per heavy atom. The van der Waals surface area contributed by atoms with Gasteiger partial charge in [0.2, 0.25) is 11.2 Å². The van der Waals surface area contributed by atoms with Gasteiger partial charge in [-0.15, -0.1) is 15.8 Å². The number of amides is 1. The predicted octanol–water partition coefficient (Wildman–Crippen LogP) is 2.56. The van der Waals surface area contributed by atoms with Crippen LogP contribution in [0.15, 0.2) is 5.16 Å². The SMILES string of the molecule is CCCN(S(=O)N(C)C(=O)ON=C(C)SC)P(=S)(OC)OC. The molecule has 0 aliphatic rings. The molecule has 1 amide bonds. The van der Waals surface area contributed by atoms with E-state index in [-0.39, 0.29) is 0 Å². The van der Waals surface area contributed by atoms with E-state index in [1.165, 1.54) is 37.1 Å². The first kappa shape index (κ1) is 22.0. The first-order valence-electron chi connectivity index (χ1n) is 6.22. The molecule has 0 saturated carbocycles. The molecule has 130 valence electrons. The molecule has 0 bridgehead atoms. The third-order valence-corrected chi connectivity index (χ3v) is 8.72. The molecule has 0 N–H and O–H groups in total. The second-order valence-corrected chi connectivity index (χ2v) is 10.1. The summed E-state index contributed by atoms with van der Waals surface area (Å²) in [5.74, 6) is 0. The van der Waals surface area contributed by atoms with E-state index in [1.54, 1.807) is 13.2 Å². The molecule has 0 fully saturated rings. The van der Waals surface area contributed by atoms with E-state index in [2.05, 4.69) is 5.16 Å². The van der Waals surface area contributed by atoms with E-state index in [0.717, 1.165) is 4.31 Å². The van der Waals surface area contributed by atoms with Crippen molar-refractivity contribution in [1.82, 2.24) is 8.38 Å². The summed E-state index contributed by atoms with van der Waals surface area (Å²) in [5.41, 5.74) is 0. The summed E-state index contributed by atoms with van der Waals surface area (Å²) in [6.07, 6.45) is 1.59. The van der Waals surface area contributed by atoms with Gasteiger partial charge in [-0.1, -0.05) is 12.1 Å². The third-order valence-electron chi connectivity index (χ3n) is 2.37. The van der Waals surface area contributed by atoms with Crippen LogP contribution in [-0.2, 0) is 36.9 Å². The Morgan fingerprint density at radius 1 is 1.41 bits per heavy atom. The Bertz CT molecular complexity index is 469. The minimum Gasteiger partial charge on any atom is -0.321 e. The topological polar surface area (TPSA) is 80.7 Å². The van der Waals surface area contributed by atoms with Crippen molar-refractivity contribution >= 4 is 52.5 Å². The Kier molecular flexibility index (Phi) is 10.7. The van der Waals surface area contributed by atoms with Gasteiger partial charge in [0.1, 0.15) is 5.04 Å². The van der Waals surface area contributed by atoms with Crippen LogP contribution in [0.3, 0.4) is 0 Å². The maximum Gasteiger partial charge on any atom is 0.448 e. The maximum absolute atomic E-state index is 12.6. The zero-order valence-electron chi connectivity index (χ0n) is 13.5. The lowest BCUT2D eigenvalue weighted by atomic mass is 10.5. The molecule has 0 aromatic rings. The number of hydrogen-bond acceptors (Lipinski definition) is 8. The molecule has 0 heterocycles. The zero-order chi connectivity index (χ0) is 17.3.